The first kappa shape index (κ1) is 16.9. The molecule has 2 rings (SSSR count). The average molecular weight is 327 g/mol. The van der Waals surface area contributed by atoms with Crippen molar-refractivity contribution < 1.29 is 14.6 Å². The van der Waals surface area contributed by atoms with E-state index in [1.807, 2.05) is 6.92 Å². The summed E-state index contributed by atoms with van der Waals surface area (Å²) in [4.78, 5) is 14.2. The second kappa shape index (κ2) is 6.75. The Morgan fingerprint density at radius 2 is 2.27 bits per heavy atom. The lowest BCUT2D eigenvalue weighted by Crippen LogP contribution is -2.49. The number of nitrogens with one attached hydrogen (secondary N) is 1. The Labute approximate surface area is 136 Å². The van der Waals surface area contributed by atoms with Crippen molar-refractivity contribution in [2.24, 2.45) is 0 Å². The highest BCUT2D eigenvalue weighted by atomic mass is 35.5. The summed E-state index contributed by atoms with van der Waals surface area (Å²) in [5.74, 6) is 0.544. The maximum Gasteiger partial charge on any atom is 0.322 e. The van der Waals surface area contributed by atoms with Gasteiger partial charge in [-0.2, -0.15) is 0 Å². The fourth-order valence-corrected chi connectivity index (χ4v) is 2.97. The van der Waals surface area contributed by atoms with E-state index in [4.69, 9.17) is 16.3 Å². The third-order valence-electron chi connectivity index (χ3n) is 3.81. The minimum atomic E-state index is -0.920. The molecule has 0 aliphatic carbocycles. The molecule has 1 aliphatic rings. The molecule has 1 aromatic rings. The molecule has 1 aliphatic heterocycles. The fourth-order valence-electron chi connectivity index (χ4n) is 2.81. The molecule has 22 heavy (non-hydrogen) atoms. The molecule has 0 bridgehead atoms. The number of ether oxygens (including phenoxy) is 1. The quantitative estimate of drug-likeness (QED) is 0.890. The zero-order valence-corrected chi connectivity index (χ0v) is 14.0. The molecule has 5 nitrogen and oxygen atoms in total. The molecule has 1 fully saturated rings. The van der Waals surface area contributed by atoms with Crippen LogP contribution in [0, 0.1) is 0 Å². The van der Waals surface area contributed by atoms with Crippen LogP contribution in [0.15, 0.2) is 18.2 Å². The van der Waals surface area contributed by atoms with Gasteiger partial charge >= 0.3 is 6.03 Å². The van der Waals surface area contributed by atoms with Gasteiger partial charge in [0.25, 0.3) is 0 Å². The number of rotatable bonds is 4. The first-order valence-corrected chi connectivity index (χ1v) is 7.93. The van der Waals surface area contributed by atoms with E-state index in [-0.39, 0.29) is 12.1 Å². The van der Waals surface area contributed by atoms with Crippen LogP contribution in [0.1, 0.15) is 33.6 Å². The molecule has 0 saturated carbocycles. The highest BCUT2D eigenvalue weighted by Gasteiger charge is 2.38. The van der Waals surface area contributed by atoms with Crippen LogP contribution in [0.3, 0.4) is 0 Å². The minimum Gasteiger partial charge on any atom is -0.492 e. The zero-order chi connectivity index (χ0) is 16.3. The Hall–Kier alpha value is -1.46. The van der Waals surface area contributed by atoms with E-state index in [1.54, 1.807) is 36.9 Å². The number of aliphatic hydroxyl groups is 1. The van der Waals surface area contributed by atoms with Crippen molar-refractivity contribution >= 4 is 23.3 Å². The van der Waals surface area contributed by atoms with E-state index in [9.17, 15) is 9.90 Å². The zero-order valence-electron chi connectivity index (χ0n) is 13.2. The van der Waals surface area contributed by atoms with Crippen molar-refractivity contribution in [1.82, 2.24) is 4.90 Å². The predicted molar refractivity (Wildman–Crippen MR) is 87.7 cm³/mol. The smallest absolute Gasteiger partial charge is 0.322 e. The summed E-state index contributed by atoms with van der Waals surface area (Å²) in [5, 5.41) is 13.6. The summed E-state index contributed by atoms with van der Waals surface area (Å²) in [6, 6.07) is 4.69. The van der Waals surface area contributed by atoms with Gasteiger partial charge in [0.05, 0.1) is 23.9 Å². The number of amides is 2. The monoisotopic (exact) mass is 326 g/mol. The van der Waals surface area contributed by atoms with Crippen LogP contribution in [0.4, 0.5) is 10.5 Å². The number of halogens is 1. The van der Waals surface area contributed by atoms with Crippen molar-refractivity contribution in [3.8, 4) is 5.75 Å². The van der Waals surface area contributed by atoms with Gasteiger partial charge < -0.3 is 20.1 Å². The Morgan fingerprint density at radius 3 is 2.91 bits per heavy atom. The summed E-state index contributed by atoms with van der Waals surface area (Å²) in [7, 11) is 0. The number of nitrogens with zero attached hydrogens (tertiary/aromatic N) is 1. The maximum absolute atomic E-state index is 12.5. The van der Waals surface area contributed by atoms with Gasteiger partial charge in [0.1, 0.15) is 5.75 Å². The SMILES string of the molecule is CCOc1cc(Cl)ccc1NC(=O)N1CCCC1C(C)(C)O. The lowest BCUT2D eigenvalue weighted by atomic mass is 9.97. The van der Waals surface area contributed by atoms with Gasteiger partial charge in [0, 0.05) is 17.6 Å². The molecule has 122 valence electrons. The Balaban J connectivity index is 2.15. The Morgan fingerprint density at radius 1 is 1.55 bits per heavy atom. The van der Waals surface area contributed by atoms with Gasteiger partial charge in [-0.1, -0.05) is 11.6 Å². The number of carbonyl (C=O) groups excluding carboxylic acids is 1. The predicted octanol–water partition coefficient (Wildman–Crippen LogP) is 3.51. The largest absolute Gasteiger partial charge is 0.492 e. The standard InChI is InChI=1S/C16H23ClN2O3/c1-4-22-13-10-11(17)7-8-12(13)18-15(20)19-9-5-6-14(19)16(2,3)21/h7-8,10,14,21H,4-6,9H2,1-3H3,(H,18,20). The fraction of sp³-hybridized carbons (Fsp3) is 0.562. The number of carbonyl (C=O) groups is 1. The molecule has 2 N–H and O–H groups in total. The molecular weight excluding hydrogens is 304 g/mol. The van der Waals surface area contributed by atoms with Gasteiger partial charge in [-0.05, 0) is 45.7 Å². The normalized spacial score (nSPS) is 18.4. The molecular formula is C16H23ClN2O3. The van der Waals surface area contributed by atoms with Crippen molar-refractivity contribution in [2.45, 2.75) is 45.3 Å². The number of benzene rings is 1. The maximum atomic E-state index is 12.5. The number of urea groups is 1. The van der Waals surface area contributed by atoms with Gasteiger partial charge in [-0.3, -0.25) is 0 Å². The number of hydrogen-bond donors (Lipinski definition) is 2. The van der Waals surface area contributed by atoms with Crippen LogP contribution in [-0.2, 0) is 0 Å². The Bertz CT molecular complexity index is 543. The molecule has 1 saturated heterocycles. The highest BCUT2D eigenvalue weighted by Crippen LogP contribution is 2.31. The summed E-state index contributed by atoms with van der Waals surface area (Å²) < 4.78 is 5.51. The first-order chi connectivity index (χ1) is 10.3. The molecule has 1 unspecified atom stereocenters. The summed E-state index contributed by atoms with van der Waals surface area (Å²) in [6.07, 6.45) is 1.69. The number of anilines is 1. The summed E-state index contributed by atoms with van der Waals surface area (Å²) >= 11 is 5.96. The van der Waals surface area contributed by atoms with Gasteiger partial charge in [0.2, 0.25) is 0 Å². The van der Waals surface area contributed by atoms with Crippen molar-refractivity contribution in [1.29, 1.82) is 0 Å². The molecule has 1 atom stereocenters. The third kappa shape index (κ3) is 3.84. The number of hydrogen-bond acceptors (Lipinski definition) is 3. The molecule has 0 aromatic heterocycles. The van der Waals surface area contributed by atoms with Crippen molar-refractivity contribution in [3.05, 3.63) is 23.2 Å². The van der Waals surface area contributed by atoms with Crippen LogP contribution < -0.4 is 10.1 Å². The third-order valence-corrected chi connectivity index (χ3v) is 4.05. The van der Waals surface area contributed by atoms with Gasteiger partial charge in [-0.25, -0.2) is 4.79 Å². The lowest BCUT2D eigenvalue weighted by Gasteiger charge is -2.33. The van der Waals surface area contributed by atoms with Crippen LogP contribution in [0.25, 0.3) is 0 Å². The topological polar surface area (TPSA) is 61.8 Å². The Kier molecular flexibility index (Phi) is 5.19. The van der Waals surface area contributed by atoms with E-state index in [0.717, 1.165) is 12.8 Å². The highest BCUT2D eigenvalue weighted by molar-refractivity contribution is 6.30. The van der Waals surface area contributed by atoms with Gasteiger partial charge in [-0.15, -0.1) is 0 Å². The lowest BCUT2D eigenvalue weighted by molar-refractivity contribution is 0.0117. The second-order valence-electron chi connectivity index (χ2n) is 6.01. The van der Waals surface area contributed by atoms with Crippen molar-refractivity contribution in [2.75, 3.05) is 18.5 Å². The van der Waals surface area contributed by atoms with E-state index in [2.05, 4.69) is 5.32 Å². The molecule has 2 amide bonds. The van der Waals surface area contributed by atoms with Crippen LogP contribution in [0.2, 0.25) is 5.02 Å². The first-order valence-electron chi connectivity index (χ1n) is 7.55. The molecule has 0 spiro atoms. The molecule has 0 radical (unpaired) electrons. The van der Waals surface area contributed by atoms with Crippen LogP contribution >= 0.6 is 11.6 Å². The average Bonchev–Trinajstić information content (AvgIpc) is 2.91. The van der Waals surface area contributed by atoms with E-state index in [1.165, 1.54) is 0 Å². The minimum absolute atomic E-state index is 0.185. The van der Waals surface area contributed by atoms with E-state index in [0.29, 0.717) is 29.6 Å². The summed E-state index contributed by atoms with van der Waals surface area (Å²) in [5.41, 5.74) is -0.339. The summed E-state index contributed by atoms with van der Waals surface area (Å²) in [6.45, 7) is 6.46. The van der Waals surface area contributed by atoms with Crippen molar-refractivity contribution in [3.63, 3.8) is 0 Å². The van der Waals surface area contributed by atoms with E-state index >= 15 is 0 Å². The molecule has 1 aromatic carbocycles. The van der Waals surface area contributed by atoms with Gasteiger partial charge in [0.15, 0.2) is 0 Å². The molecule has 1 heterocycles. The van der Waals surface area contributed by atoms with Crippen LogP contribution in [-0.4, -0.2) is 40.8 Å². The second-order valence-corrected chi connectivity index (χ2v) is 6.45. The molecule has 6 heteroatoms. The van der Waals surface area contributed by atoms with Crippen LogP contribution in [0.5, 0.6) is 5.75 Å². The number of likely N-dealkylation sites (tertiary alicyclic amines) is 1. The van der Waals surface area contributed by atoms with E-state index < -0.39 is 5.60 Å².